The number of hydrogen-bond donors (Lipinski definition) is 2. The van der Waals surface area contributed by atoms with Crippen LogP contribution in [0.25, 0.3) is 0 Å². The molecule has 0 spiro atoms. The molecular formula is C10H13N5S2. The first-order chi connectivity index (χ1) is 8.04. The summed E-state index contributed by atoms with van der Waals surface area (Å²) in [6.45, 7) is 4.07. The smallest absolute Gasteiger partial charge is 0.191 e. The summed E-state index contributed by atoms with van der Waals surface area (Å²) in [4.78, 5) is 13.9. The van der Waals surface area contributed by atoms with Crippen LogP contribution in [0.4, 0.5) is 11.6 Å². The van der Waals surface area contributed by atoms with Crippen molar-refractivity contribution in [1.82, 2.24) is 15.0 Å². The maximum Gasteiger partial charge on any atom is 0.191 e. The minimum Gasteiger partial charge on any atom is -0.383 e. The number of aromatic nitrogens is 3. The Bertz CT molecular complexity index is 498. The van der Waals surface area contributed by atoms with Crippen LogP contribution in [-0.4, -0.2) is 15.0 Å². The van der Waals surface area contributed by atoms with Gasteiger partial charge in [0, 0.05) is 10.9 Å². The molecular weight excluding hydrogens is 254 g/mol. The van der Waals surface area contributed by atoms with Crippen LogP contribution in [0.3, 0.4) is 0 Å². The molecule has 17 heavy (non-hydrogen) atoms. The highest BCUT2D eigenvalue weighted by Crippen LogP contribution is 2.25. The molecule has 0 amide bonds. The average molecular weight is 267 g/mol. The SMILES string of the molecule is Cc1nc(CSc2nc(N)cc(N)n2)sc1C. The Morgan fingerprint density at radius 1 is 1.18 bits per heavy atom. The van der Waals surface area contributed by atoms with E-state index in [1.807, 2.05) is 6.92 Å². The van der Waals surface area contributed by atoms with E-state index >= 15 is 0 Å². The number of aryl methyl sites for hydroxylation is 2. The van der Waals surface area contributed by atoms with Gasteiger partial charge in [-0.1, -0.05) is 11.8 Å². The number of anilines is 2. The van der Waals surface area contributed by atoms with Gasteiger partial charge in [-0.05, 0) is 13.8 Å². The molecule has 0 aliphatic rings. The number of nitrogens with zero attached hydrogens (tertiary/aromatic N) is 3. The second kappa shape index (κ2) is 4.89. The Morgan fingerprint density at radius 2 is 1.82 bits per heavy atom. The first-order valence-electron chi connectivity index (χ1n) is 5.00. The van der Waals surface area contributed by atoms with Crippen LogP contribution in [0.1, 0.15) is 15.6 Å². The topological polar surface area (TPSA) is 90.7 Å². The van der Waals surface area contributed by atoms with Gasteiger partial charge in [-0.15, -0.1) is 11.3 Å². The zero-order chi connectivity index (χ0) is 12.4. The van der Waals surface area contributed by atoms with Gasteiger partial charge in [-0.3, -0.25) is 0 Å². The fourth-order valence-corrected chi connectivity index (χ4v) is 3.05. The lowest BCUT2D eigenvalue weighted by atomic mass is 10.4. The van der Waals surface area contributed by atoms with E-state index in [-0.39, 0.29) is 0 Å². The molecule has 0 bridgehead atoms. The molecule has 2 heterocycles. The first-order valence-corrected chi connectivity index (χ1v) is 6.80. The number of thioether (sulfide) groups is 1. The normalized spacial score (nSPS) is 10.7. The fraction of sp³-hybridized carbons (Fsp3) is 0.300. The zero-order valence-corrected chi connectivity index (χ0v) is 11.2. The highest BCUT2D eigenvalue weighted by atomic mass is 32.2. The Kier molecular flexibility index (Phi) is 3.49. The molecule has 90 valence electrons. The Labute approximate surface area is 108 Å². The van der Waals surface area contributed by atoms with Gasteiger partial charge in [0.2, 0.25) is 0 Å². The number of nitrogens with two attached hydrogens (primary N) is 2. The van der Waals surface area contributed by atoms with Crippen molar-refractivity contribution in [1.29, 1.82) is 0 Å². The van der Waals surface area contributed by atoms with Crippen molar-refractivity contribution in [3.63, 3.8) is 0 Å². The summed E-state index contributed by atoms with van der Waals surface area (Å²) in [6, 6.07) is 1.54. The largest absolute Gasteiger partial charge is 0.383 e. The third-order valence-corrected chi connectivity index (χ3v) is 4.26. The van der Waals surface area contributed by atoms with Crippen LogP contribution in [0, 0.1) is 13.8 Å². The molecule has 2 rings (SSSR count). The van der Waals surface area contributed by atoms with Gasteiger partial charge in [0.25, 0.3) is 0 Å². The first kappa shape index (κ1) is 12.1. The van der Waals surface area contributed by atoms with Crippen LogP contribution in [0.2, 0.25) is 0 Å². The molecule has 0 aromatic carbocycles. The number of hydrogen-bond acceptors (Lipinski definition) is 7. The van der Waals surface area contributed by atoms with E-state index < -0.39 is 0 Å². The van der Waals surface area contributed by atoms with Gasteiger partial charge in [0.05, 0.1) is 11.4 Å². The van der Waals surface area contributed by atoms with Crippen LogP contribution in [0.15, 0.2) is 11.2 Å². The molecule has 7 heteroatoms. The van der Waals surface area contributed by atoms with E-state index in [0.717, 1.165) is 16.5 Å². The van der Waals surface area contributed by atoms with Crippen molar-refractivity contribution in [2.45, 2.75) is 24.8 Å². The lowest BCUT2D eigenvalue weighted by molar-refractivity contribution is 0.983. The van der Waals surface area contributed by atoms with Crippen LogP contribution in [0.5, 0.6) is 0 Å². The molecule has 2 aromatic heterocycles. The molecule has 0 atom stereocenters. The molecule has 0 aliphatic heterocycles. The highest BCUT2D eigenvalue weighted by molar-refractivity contribution is 7.98. The molecule has 0 fully saturated rings. The molecule has 4 N–H and O–H groups in total. The number of rotatable bonds is 3. The van der Waals surface area contributed by atoms with Crippen molar-refractivity contribution in [3.8, 4) is 0 Å². The van der Waals surface area contributed by atoms with Gasteiger partial charge in [0.1, 0.15) is 16.6 Å². The van der Waals surface area contributed by atoms with Gasteiger partial charge in [-0.25, -0.2) is 15.0 Å². The lowest BCUT2D eigenvalue weighted by Gasteiger charge is -2.00. The van der Waals surface area contributed by atoms with Gasteiger partial charge in [0.15, 0.2) is 5.16 Å². The third kappa shape index (κ3) is 3.07. The average Bonchev–Trinajstić information content (AvgIpc) is 2.54. The van der Waals surface area contributed by atoms with Crippen molar-refractivity contribution in [2.75, 3.05) is 11.5 Å². The molecule has 0 unspecified atom stereocenters. The van der Waals surface area contributed by atoms with Gasteiger partial charge >= 0.3 is 0 Å². The summed E-state index contributed by atoms with van der Waals surface area (Å²) in [5, 5.41) is 1.66. The summed E-state index contributed by atoms with van der Waals surface area (Å²) in [5.41, 5.74) is 12.3. The van der Waals surface area contributed by atoms with Gasteiger partial charge in [-0.2, -0.15) is 0 Å². The molecule has 2 aromatic rings. The highest BCUT2D eigenvalue weighted by Gasteiger charge is 2.06. The lowest BCUT2D eigenvalue weighted by Crippen LogP contribution is -1.99. The second-order valence-corrected chi connectivity index (χ2v) is 5.77. The quantitative estimate of drug-likeness (QED) is 0.653. The maximum absolute atomic E-state index is 5.60. The Balaban J connectivity index is 2.07. The van der Waals surface area contributed by atoms with Crippen LogP contribution >= 0.6 is 23.1 Å². The summed E-state index contributed by atoms with van der Waals surface area (Å²) in [6.07, 6.45) is 0. The standard InChI is InChI=1S/C10H13N5S2/c1-5-6(2)17-9(13-5)4-16-10-14-7(11)3-8(12)15-10/h3H,4H2,1-2H3,(H4,11,12,14,15). The van der Waals surface area contributed by atoms with Crippen molar-refractivity contribution >= 4 is 34.7 Å². The zero-order valence-electron chi connectivity index (χ0n) is 9.60. The summed E-state index contributed by atoms with van der Waals surface area (Å²) in [7, 11) is 0. The second-order valence-electron chi connectivity index (χ2n) is 3.54. The monoisotopic (exact) mass is 267 g/mol. The van der Waals surface area contributed by atoms with E-state index in [9.17, 15) is 0 Å². The van der Waals surface area contributed by atoms with Crippen molar-refractivity contribution < 1.29 is 0 Å². The summed E-state index contributed by atoms with van der Waals surface area (Å²) < 4.78 is 0. The number of thiazole rings is 1. The summed E-state index contributed by atoms with van der Waals surface area (Å²) in [5.74, 6) is 1.53. The van der Waals surface area contributed by atoms with E-state index in [1.54, 1.807) is 17.4 Å². The molecule has 0 saturated carbocycles. The predicted molar refractivity (Wildman–Crippen MR) is 72.0 cm³/mol. The fourth-order valence-electron chi connectivity index (χ4n) is 1.25. The van der Waals surface area contributed by atoms with Crippen molar-refractivity contribution in [2.24, 2.45) is 0 Å². The minimum absolute atomic E-state index is 0.395. The molecule has 0 saturated heterocycles. The third-order valence-electron chi connectivity index (χ3n) is 2.14. The van der Waals surface area contributed by atoms with E-state index in [0.29, 0.717) is 16.8 Å². The summed E-state index contributed by atoms with van der Waals surface area (Å²) >= 11 is 3.18. The van der Waals surface area contributed by atoms with Crippen molar-refractivity contribution in [3.05, 3.63) is 21.6 Å². The van der Waals surface area contributed by atoms with Crippen LogP contribution in [-0.2, 0) is 5.75 Å². The molecule has 0 aliphatic carbocycles. The Hall–Kier alpha value is -1.34. The maximum atomic E-state index is 5.60. The van der Waals surface area contributed by atoms with Crippen LogP contribution < -0.4 is 11.5 Å². The van der Waals surface area contributed by atoms with E-state index in [1.165, 1.54) is 16.6 Å². The van der Waals surface area contributed by atoms with E-state index in [4.69, 9.17) is 11.5 Å². The molecule has 5 nitrogen and oxygen atoms in total. The molecule has 0 radical (unpaired) electrons. The number of nitrogen functional groups attached to an aromatic ring is 2. The Morgan fingerprint density at radius 3 is 2.35 bits per heavy atom. The minimum atomic E-state index is 0.395. The predicted octanol–water partition coefficient (Wildman–Crippen LogP) is 2.01. The van der Waals surface area contributed by atoms with E-state index in [2.05, 4.69) is 21.9 Å². The van der Waals surface area contributed by atoms with Gasteiger partial charge < -0.3 is 11.5 Å².